The van der Waals surface area contributed by atoms with Gasteiger partial charge in [-0.1, -0.05) is 5.21 Å². The van der Waals surface area contributed by atoms with Crippen LogP contribution in [0.25, 0.3) is 0 Å². The lowest BCUT2D eigenvalue weighted by molar-refractivity contribution is 0.0359. The molecular weight excluding hydrogens is 324 g/mol. The van der Waals surface area contributed by atoms with Crippen molar-refractivity contribution < 1.29 is 9.53 Å². The van der Waals surface area contributed by atoms with Gasteiger partial charge in [-0.25, -0.2) is 0 Å². The van der Waals surface area contributed by atoms with E-state index in [9.17, 15) is 4.79 Å². The highest BCUT2D eigenvalue weighted by Gasteiger charge is 2.36. The summed E-state index contributed by atoms with van der Waals surface area (Å²) in [6.45, 7) is 3.99. The molecular formula is C17H22N4O2S. The van der Waals surface area contributed by atoms with Gasteiger partial charge in [0, 0.05) is 31.5 Å². The van der Waals surface area contributed by atoms with E-state index in [1.54, 1.807) is 11.3 Å². The summed E-state index contributed by atoms with van der Waals surface area (Å²) in [4.78, 5) is 16.8. The van der Waals surface area contributed by atoms with Gasteiger partial charge in [-0.3, -0.25) is 9.48 Å². The highest BCUT2D eigenvalue weighted by molar-refractivity contribution is 7.13. The minimum absolute atomic E-state index is 0.0735. The quantitative estimate of drug-likeness (QED) is 0.834. The molecule has 1 amide bonds. The molecule has 0 radical (unpaired) electrons. The number of fused-ring (bicyclic) bond motifs is 1. The molecule has 0 saturated heterocycles. The molecule has 1 atom stereocenters. The van der Waals surface area contributed by atoms with Crippen LogP contribution < -0.4 is 0 Å². The number of nitrogens with zero attached hydrogens (tertiary/aromatic N) is 4. The molecule has 1 aliphatic carbocycles. The second kappa shape index (κ2) is 6.29. The maximum Gasteiger partial charge on any atom is 0.264 e. The van der Waals surface area contributed by atoms with Crippen molar-refractivity contribution in [3.63, 3.8) is 0 Å². The molecule has 1 aliphatic heterocycles. The van der Waals surface area contributed by atoms with Gasteiger partial charge >= 0.3 is 0 Å². The van der Waals surface area contributed by atoms with Gasteiger partial charge in [0.25, 0.3) is 5.91 Å². The fourth-order valence-corrected chi connectivity index (χ4v) is 4.03. The largest absolute Gasteiger partial charge is 0.379 e. The normalized spacial score (nSPS) is 20.2. The van der Waals surface area contributed by atoms with E-state index in [0.29, 0.717) is 19.1 Å². The predicted molar refractivity (Wildman–Crippen MR) is 91.1 cm³/mol. The van der Waals surface area contributed by atoms with Gasteiger partial charge in [-0.05, 0) is 37.8 Å². The average molecular weight is 346 g/mol. The van der Waals surface area contributed by atoms with Crippen molar-refractivity contribution in [2.45, 2.75) is 32.2 Å². The van der Waals surface area contributed by atoms with E-state index in [4.69, 9.17) is 4.74 Å². The molecule has 2 aliphatic rings. The molecule has 2 aromatic heterocycles. The summed E-state index contributed by atoms with van der Waals surface area (Å²) in [7, 11) is 1.91. The molecule has 3 heterocycles. The Balaban J connectivity index is 1.57. The predicted octanol–water partition coefficient (Wildman–Crippen LogP) is 2.35. The standard InChI is InChI=1S/C17H22N4O2S/c1-11-3-6-15(24-11)17(22)21-8-7-13-16(18-19-20(13)2)14(21)10-23-9-12-4-5-12/h3,6,12,14H,4-5,7-10H2,1-2H3/t14-/m1/s1. The Hall–Kier alpha value is -1.73. The van der Waals surface area contributed by atoms with Crippen LogP contribution in [0.4, 0.5) is 0 Å². The Bertz CT molecular complexity index is 750. The molecule has 128 valence electrons. The fraction of sp³-hybridized carbons (Fsp3) is 0.588. The van der Waals surface area contributed by atoms with Crippen LogP contribution in [0.5, 0.6) is 0 Å². The van der Waals surface area contributed by atoms with E-state index >= 15 is 0 Å². The zero-order valence-electron chi connectivity index (χ0n) is 14.1. The zero-order valence-corrected chi connectivity index (χ0v) is 14.9. The Morgan fingerprint density at radius 2 is 2.21 bits per heavy atom. The van der Waals surface area contributed by atoms with E-state index in [2.05, 4.69) is 10.3 Å². The lowest BCUT2D eigenvalue weighted by Gasteiger charge is -2.34. The first-order valence-electron chi connectivity index (χ1n) is 8.47. The van der Waals surface area contributed by atoms with E-state index < -0.39 is 0 Å². The highest BCUT2D eigenvalue weighted by atomic mass is 32.1. The van der Waals surface area contributed by atoms with Gasteiger partial charge in [-0.15, -0.1) is 16.4 Å². The molecule has 0 N–H and O–H groups in total. The molecule has 4 rings (SSSR count). The molecule has 0 aromatic carbocycles. The Labute approximate surface area is 145 Å². The van der Waals surface area contributed by atoms with Gasteiger partial charge in [0.05, 0.1) is 17.2 Å². The summed E-state index contributed by atoms with van der Waals surface area (Å²) in [5.41, 5.74) is 2.00. The third-order valence-electron chi connectivity index (χ3n) is 4.79. The van der Waals surface area contributed by atoms with Crippen LogP contribution in [0, 0.1) is 12.8 Å². The Morgan fingerprint density at radius 1 is 1.38 bits per heavy atom. The van der Waals surface area contributed by atoms with E-state index in [-0.39, 0.29) is 11.9 Å². The first kappa shape index (κ1) is 15.8. The average Bonchev–Trinajstić information content (AvgIpc) is 3.18. The summed E-state index contributed by atoms with van der Waals surface area (Å²) >= 11 is 1.54. The van der Waals surface area contributed by atoms with E-state index in [0.717, 1.165) is 34.2 Å². The molecule has 1 saturated carbocycles. The van der Waals surface area contributed by atoms with Gasteiger partial charge in [0.15, 0.2) is 0 Å². The summed E-state index contributed by atoms with van der Waals surface area (Å²) in [6, 6.07) is 3.77. The van der Waals surface area contributed by atoms with Crippen molar-refractivity contribution in [3.8, 4) is 0 Å². The maximum atomic E-state index is 13.0. The smallest absolute Gasteiger partial charge is 0.264 e. The van der Waals surface area contributed by atoms with Crippen molar-refractivity contribution in [3.05, 3.63) is 33.3 Å². The number of ether oxygens (including phenoxy) is 1. The van der Waals surface area contributed by atoms with Crippen molar-refractivity contribution in [2.24, 2.45) is 13.0 Å². The number of carbonyl (C=O) groups excluding carboxylic acids is 1. The number of amides is 1. The summed E-state index contributed by atoms with van der Waals surface area (Å²) in [6.07, 6.45) is 3.31. The first-order chi connectivity index (χ1) is 11.6. The Morgan fingerprint density at radius 3 is 2.92 bits per heavy atom. The molecule has 0 bridgehead atoms. The Kier molecular flexibility index (Phi) is 4.14. The van der Waals surface area contributed by atoms with Crippen molar-refractivity contribution >= 4 is 17.2 Å². The molecule has 0 unspecified atom stereocenters. The molecule has 6 nitrogen and oxygen atoms in total. The SMILES string of the molecule is Cc1ccc(C(=O)N2CCc3c(nnn3C)[C@H]2COCC2CC2)s1. The number of carbonyl (C=O) groups is 1. The van der Waals surface area contributed by atoms with Crippen LogP contribution >= 0.6 is 11.3 Å². The third kappa shape index (κ3) is 2.98. The van der Waals surface area contributed by atoms with Crippen molar-refractivity contribution in [1.29, 1.82) is 0 Å². The molecule has 24 heavy (non-hydrogen) atoms. The zero-order chi connectivity index (χ0) is 16.7. The van der Waals surface area contributed by atoms with Gasteiger partial charge in [-0.2, -0.15) is 0 Å². The molecule has 1 fully saturated rings. The first-order valence-corrected chi connectivity index (χ1v) is 9.28. The van der Waals surface area contributed by atoms with Crippen LogP contribution in [-0.2, 0) is 18.2 Å². The number of hydrogen-bond acceptors (Lipinski definition) is 5. The van der Waals surface area contributed by atoms with Gasteiger partial charge < -0.3 is 9.64 Å². The lowest BCUT2D eigenvalue weighted by Crippen LogP contribution is -2.42. The third-order valence-corrected chi connectivity index (χ3v) is 5.78. The number of rotatable bonds is 5. The number of aromatic nitrogens is 3. The summed E-state index contributed by atoms with van der Waals surface area (Å²) in [5, 5.41) is 8.48. The number of hydrogen-bond donors (Lipinski definition) is 0. The fourth-order valence-electron chi connectivity index (χ4n) is 3.21. The van der Waals surface area contributed by atoms with E-state index in [1.807, 2.05) is 35.7 Å². The minimum atomic E-state index is -0.142. The van der Waals surface area contributed by atoms with Crippen molar-refractivity contribution in [2.75, 3.05) is 19.8 Å². The van der Waals surface area contributed by atoms with Crippen LogP contribution in [0.3, 0.4) is 0 Å². The highest BCUT2D eigenvalue weighted by Crippen LogP contribution is 2.33. The second-order valence-electron chi connectivity index (χ2n) is 6.70. The van der Waals surface area contributed by atoms with Crippen LogP contribution in [0.1, 0.15) is 44.8 Å². The van der Waals surface area contributed by atoms with Crippen LogP contribution in [-0.4, -0.2) is 45.6 Å². The minimum Gasteiger partial charge on any atom is -0.379 e. The number of aryl methyl sites for hydroxylation is 2. The monoisotopic (exact) mass is 346 g/mol. The van der Waals surface area contributed by atoms with E-state index in [1.165, 1.54) is 12.8 Å². The lowest BCUT2D eigenvalue weighted by atomic mass is 10.0. The van der Waals surface area contributed by atoms with Crippen LogP contribution in [0.2, 0.25) is 0 Å². The van der Waals surface area contributed by atoms with Gasteiger partial charge in [0.2, 0.25) is 0 Å². The molecule has 2 aromatic rings. The van der Waals surface area contributed by atoms with Crippen molar-refractivity contribution in [1.82, 2.24) is 19.9 Å². The van der Waals surface area contributed by atoms with Gasteiger partial charge in [0.1, 0.15) is 11.7 Å². The van der Waals surface area contributed by atoms with Crippen LogP contribution in [0.15, 0.2) is 12.1 Å². The molecule has 7 heteroatoms. The summed E-state index contributed by atoms with van der Waals surface area (Å²) < 4.78 is 7.74. The second-order valence-corrected chi connectivity index (χ2v) is 7.99. The topological polar surface area (TPSA) is 60.2 Å². The molecule has 0 spiro atoms. The number of thiophene rings is 1. The summed E-state index contributed by atoms with van der Waals surface area (Å²) in [5.74, 6) is 0.781. The maximum absolute atomic E-state index is 13.0.